The molecule has 2 rings (SSSR count). The zero-order valence-corrected chi connectivity index (χ0v) is 11.3. The molecule has 20 heavy (non-hydrogen) atoms. The molecule has 108 valence electrons. The molecule has 1 aliphatic rings. The van der Waals surface area contributed by atoms with Crippen LogP contribution >= 0.6 is 11.6 Å². The SMILES string of the molecule is NC1COCC1C(=O)N[C@@H](C(=O)O)c1ccccc1Cl. The van der Waals surface area contributed by atoms with Gasteiger partial charge in [-0.3, -0.25) is 4.79 Å². The van der Waals surface area contributed by atoms with E-state index in [2.05, 4.69) is 5.32 Å². The maximum absolute atomic E-state index is 12.1. The summed E-state index contributed by atoms with van der Waals surface area (Å²) in [6.45, 7) is 0.490. The third-order valence-corrected chi connectivity index (χ3v) is 3.56. The number of halogens is 1. The van der Waals surface area contributed by atoms with Crippen LogP contribution in [0.3, 0.4) is 0 Å². The fraction of sp³-hybridized carbons (Fsp3) is 0.385. The quantitative estimate of drug-likeness (QED) is 0.754. The molecule has 0 bridgehead atoms. The molecule has 0 radical (unpaired) electrons. The van der Waals surface area contributed by atoms with Crippen molar-refractivity contribution in [3.05, 3.63) is 34.9 Å². The molecule has 1 fully saturated rings. The zero-order chi connectivity index (χ0) is 14.7. The second kappa shape index (κ2) is 6.21. The van der Waals surface area contributed by atoms with Crippen molar-refractivity contribution in [2.45, 2.75) is 12.1 Å². The molecule has 0 aliphatic carbocycles. The van der Waals surface area contributed by atoms with E-state index in [9.17, 15) is 14.7 Å². The highest BCUT2D eigenvalue weighted by atomic mass is 35.5. The number of carboxylic acid groups (broad SMARTS) is 1. The van der Waals surface area contributed by atoms with Gasteiger partial charge in [-0.25, -0.2) is 4.79 Å². The number of rotatable bonds is 4. The van der Waals surface area contributed by atoms with Crippen LogP contribution in [0.2, 0.25) is 5.02 Å². The van der Waals surface area contributed by atoms with E-state index in [1.165, 1.54) is 0 Å². The number of nitrogens with one attached hydrogen (secondary N) is 1. The van der Waals surface area contributed by atoms with Crippen LogP contribution in [0.25, 0.3) is 0 Å². The van der Waals surface area contributed by atoms with Gasteiger partial charge in [0, 0.05) is 16.6 Å². The van der Waals surface area contributed by atoms with Crippen LogP contribution in [0.1, 0.15) is 11.6 Å². The number of aliphatic carboxylic acids is 1. The van der Waals surface area contributed by atoms with Crippen molar-refractivity contribution in [1.29, 1.82) is 0 Å². The molecule has 1 heterocycles. The minimum atomic E-state index is -1.20. The lowest BCUT2D eigenvalue weighted by Gasteiger charge is -2.19. The number of amides is 1. The summed E-state index contributed by atoms with van der Waals surface area (Å²) in [5.74, 6) is -2.17. The second-order valence-electron chi connectivity index (χ2n) is 4.61. The van der Waals surface area contributed by atoms with Gasteiger partial charge < -0.3 is 20.9 Å². The van der Waals surface area contributed by atoms with Crippen LogP contribution in [-0.4, -0.2) is 36.2 Å². The van der Waals surface area contributed by atoms with Gasteiger partial charge in [0.25, 0.3) is 0 Å². The van der Waals surface area contributed by atoms with Crippen LogP contribution in [0.15, 0.2) is 24.3 Å². The van der Waals surface area contributed by atoms with Gasteiger partial charge in [0.05, 0.1) is 19.1 Å². The lowest BCUT2D eigenvalue weighted by molar-refractivity contribution is -0.142. The molecule has 0 saturated carbocycles. The lowest BCUT2D eigenvalue weighted by atomic mass is 10.0. The molecule has 1 aromatic rings. The summed E-state index contributed by atoms with van der Waals surface area (Å²) in [6, 6.07) is 4.86. The topological polar surface area (TPSA) is 102 Å². The largest absolute Gasteiger partial charge is 0.479 e. The Morgan fingerprint density at radius 2 is 2.10 bits per heavy atom. The van der Waals surface area contributed by atoms with Gasteiger partial charge in [0.2, 0.25) is 5.91 Å². The summed E-state index contributed by atoms with van der Waals surface area (Å²) in [4.78, 5) is 23.4. The highest BCUT2D eigenvalue weighted by Gasteiger charge is 2.34. The number of carbonyl (C=O) groups is 2. The number of carbonyl (C=O) groups excluding carboxylic acids is 1. The number of ether oxygens (including phenoxy) is 1. The Morgan fingerprint density at radius 1 is 1.40 bits per heavy atom. The molecule has 3 atom stereocenters. The minimum Gasteiger partial charge on any atom is -0.479 e. The zero-order valence-electron chi connectivity index (χ0n) is 10.6. The van der Waals surface area contributed by atoms with Gasteiger partial charge >= 0.3 is 5.97 Å². The summed E-state index contributed by atoms with van der Waals surface area (Å²) in [6.07, 6.45) is 0. The third-order valence-electron chi connectivity index (χ3n) is 3.21. The highest BCUT2D eigenvalue weighted by molar-refractivity contribution is 6.31. The average molecular weight is 299 g/mol. The summed E-state index contributed by atoms with van der Waals surface area (Å²) >= 11 is 5.97. The van der Waals surface area contributed by atoms with Gasteiger partial charge in [-0.15, -0.1) is 0 Å². The summed E-state index contributed by atoms with van der Waals surface area (Å²) in [5, 5.41) is 12.0. The summed E-state index contributed by atoms with van der Waals surface area (Å²) in [7, 11) is 0. The Bertz CT molecular complexity index is 523. The van der Waals surface area contributed by atoms with Crippen molar-refractivity contribution in [3.63, 3.8) is 0 Å². The monoisotopic (exact) mass is 298 g/mol. The Balaban J connectivity index is 2.16. The fourth-order valence-corrected chi connectivity index (χ4v) is 2.32. The van der Waals surface area contributed by atoms with Crippen molar-refractivity contribution in [2.75, 3.05) is 13.2 Å². The van der Waals surface area contributed by atoms with E-state index in [4.69, 9.17) is 22.1 Å². The molecule has 1 amide bonds. The van der Waals surface area contributed by atoms with E-state index in [1.54, 1.807) is 24.3 Å². The third kappa shape index (κ3) is 3.09. The van der Waals surface area contributed by atoms with Crippen LogP contribution in [-0.2, 0) is 14.3 Å². The first kappa shape index (κ1) is 14.8. The van der Waals surface area contributed by atoms with Gasteiger partial charge in [-0.05, 0) is 6.07 Å². The molecule has 1 saturated heterocycles. The smallest absolute Gasteiger partial charge is 0.330 e. The van der Waals surface area contributed by atoms with Crippen molar-refractivity contribution >= 4 is 23.5 Å². The molecular weight excluding hydrogens is 284 g/mol. The molecule has 0 aromatic heterocycles. The Morgan fingerprint density at radius 3 is 2.65 bits per heavy atom. The van der Waals surface area contributed by atoms with E-state index in [1.807, 2.05) is 0 Å². The van der Waals surface area contributed by atoms with Crippen LogP contribution < -0.4 is 11.1 Å². The minimum absolute atomic E-state index is 0.196. The normalized spacial score (nSPS) is 23.3. The predicted octanol–water partition coefficient (Wildman–Crippen LogP) is 0.556. The first-order valence-electron chi connectivity index (χ1n) is 6.11. The van der Waals surface area contributed by atoms with E-state index in [-0.39, 0.29) is 11.6 Å². The Hall–Kier alpha value is -1.63. The van der Waals surface area contributed by atoms with Gasteiger partial charge in [-0.2, -0.15) is 0 Å². The lowest BCUT2D eigenvalue weighted by Crippen LogP contribution is -2.44. The Kier molecular flexibility index (Phi) is 4.59. The number of hydrogen-bond acceptors (Lipinski definition) is 4. The van der Waals surface area contributed by atoms with Crippen molar-refractivity contribution < 1.29 is 19.4 Å². The van der Waals surface area contributed by atoms with Crippen LogP contribution in [0.4, 0.5) is 0 Å². The van der Waals surface area contributed by atoms with Gasteiger partial charge in [0.1, 0.15) is 0 Å². The first-order chi connectivity index (χ1) is 9.50. The van der Waals surface area contributed by atoms with E-state index in [0.717, 1.165) is 0 Å². The molecule has 7 heteroatoms. The van der Waals surface area contributed by atoms with Crippen molar-refractivity contribution in [1.82, 2.24) is 5.32 Å². The number of carboxylic acids is 1. The average Bonchev–Trinajstić information content (AvgIpc) is 2.83. The van der Waals surface area contributed by atoms with E-state index < -0.39 is 29.9 Å². The molecule has 1 aliphatic heterocycles. The van der Waals surface area contributed by atoms with E-state index >= 15 is 0 Å². The standard InChI is InChI=1S/C13H15ClN2O4/c14-9-4-2-1-3-7(9)11(13(18)19)16-12(17)8-5-20-6-10(8)15/h1-4,8,10-11H,5-6,15H2,(H,16,17)(H,18,19)/t8?,10?,11-/m1/s1. The molecular formula is C13H15ClN2O4. The van der Waals surface area contributed by atoms with Crippen LogP contribution in [0.5, 0.6) is 0 Å². The molecule has 0 spiro atoms. The van der Waals surface area contributed by atoms with Gasteiger partial charge in [-0.1, -0.05) is 29.8 Å². The first-order valence-corrected chi connectivity index (χ1v) is 6.49. The maximum Gasteiger partial charge on any atom is 0.330 e. The van der Waals surface area contributed by atoms with Crippen molar-refractivity contribution in [3.8, 4) is 0 Å². The van der Waals surface area contributed by atoms with Crippen molar-refractivity contribution in [2.24, 2.45) is 11.7 Å². The second-order valence-corrected chi connectivity index (χ2v) is 5.02. The number of nitrogens with two attached hydrogens (primary N) is 1. The Labute approximate surface area is 120 Å². The number of benzene rings is 1. The summed E-state index contributed by atoms with van der Waals surface area (Å²) < 4.78 is 5.10. The highest BCUT2D eigenvalue weighted by Crippen LogP contribution is 2.24. The molecule has 2 unspecified atom stereocenters. The van der Waals surface area contributed by atoms with Gasteiger partial charge in [0.15, 0.2) is 6.04 Å². The number of hydrogen-bond donors (Lipinski definition) is 3. The maximum atomic E-state index is 12.1. The summed E-state index contributed by atoms with van der Waals surface area (Å²) in [5.41, 5.74) is 6.08. The predicted molar refractivity (Wildman–Crippen MR) is 72.3 cm³/mol. The molecule has 6 nitrogen and oxygen atoms in total. The molecule has 1 aromatic carbocycles. The van der Waals surface area contributed by atoms with Crippen LogP contribution in [0, 0.1) is 5.92 Å². The molecule has 4 N–H and O–H groups in total. The van der Waals surface area contributed by atoms with E-state index in [0.29, 0.717) is 12.2 Å². The fourth-order valence-electron chi connectivity index (χ4n) is 2.07.